The molecule has 1 aromatic heterocycles. The second-order valence-electron chi connectivity index (χ2n) is 4.93. The van der Waals surface area contributed by atoms with Crippen LogP contribution in [0.15, 0.2) is 36.7 Å². The molecular weight excluding hydrogens is 240 g/mol. The van der Waals surface area contributed by atoms with Crippen molar-refractivity contribution in [3.63, 3.8) is 0 Å². The average molecular weight is 258 g/mol. The lowest BCUT2D eigenvalue weighted by atomic mass is 9.99. The summed E-state index contributed by atoms with van der Waals surface area (Å²) in [5.41, 5.74) is 1.03. The van der Waals surface area contributed by atoms with Gasteiger partial charge >= 0.3 is 5.97 Å². The number of carboxylic acids is 1. The predicted molar refractivity (Wildman–Crippen MR) is 75.1 cm³/mol. The number of nitrogens with zero attached hydrogens (tertiary/aromatic N) is 1. The summed E-state index contributed by atoms with van der Waals surface area (Å²) in [7, 11) is 0. The molecule has 1 atom stereocenters. The van der Waals surface area contributed by atoms with Crippen LogP contribution in [0.4, 0.5) is 0 Å². The third kappa shape index (κ3) is 3.29. The summed E-state index contributed by atoms with van der Waals surface area (Å²) in [5.74, 6) is -0.820. The van der Waals surface area contributed by atoms with Gasteiger partial charge in [-0.3, -0.25) is 9.78 Å². The molecule has 0 amide bonds. The summed E-state index contributed by atoms with van der Waals surface area (Å²) in [6, 6.07) is 7.39. The first-order chi connectivity index (χ1) is 9.08. The minimum atomic E-state index is -0.820. The molecule has 2 aromatic rings. The Morgan fingerprint density at radius 3 is 2.84 bits per heavy atom. The first-order valence-corrected chi connectivity index (χ1v) is 6.38. The van der Waals surface area contributed by atoms with Gasteiger partial charge in [-0.1, -0.05) is 32.0 Å². The second kappa shape index (κ2) is 5.80. The summed E-state index contributed by atoms with van der Waals surface area (Å²) >= 11 is 0. The number of hydrogen-bond acceptors (Lipinski definition) is 3. The molecule has 4 heteroatoms. The third-order valence-corrected chi connectivity index (χ3v) is 3.03. The van der Waals surface area contributed by atoms with E-state index in [0.717, 1.165) is 16.3 Å². The van der Waals surface area contributed by atoms with Gasteiger partial charge in [0.25, 0.3) is 0 Å². The molecule has 0 radical (unpaired) electrons. The molecule has 0 bridgehead atoms. The largest absolute Gasteiger partial charge is 0.480 e. The molecule has 0 aliphatic heterocycles. The average Bonchev–Trinajstić information content (AvgIpc) is 2.37. The third-order valence-electron chi connectivity index (χ3n) is 3.03. The van der Waals surface area contributed by atoms with Crippen LogP contribution >= 0.6 is 0 Å². The number of carboxylic acid groups (broad SMARTS) is 1. The topological polar surface area (TPSA) is 62.2 Å². The molecule has 1 heterocycles. The Kier molecular flexibility index (Phi) is 4.12. The molecule has 0 fully saturated rings. The molecular formula is C15H18N2O2. The van der Waals surface area contributed by atoms with Gasteiger partial charge in [0.05, 0.1) is 0 Å². The Morgan fingerprint density at radius 1 is 1.37 bits per heavy atom. The van der Waals surface area contributed by atoms with Gasteiger partial charge in [-0.25, -0.2) is 0 Å². The van der Waals surface area contributed by atoms with Crippen LogP contribution < -0.4 is 5.32 Å². The molecule has 4 nitrogen and oxygen atoms in total. The monoisotopic (exact) mass is 258 g/mol. The van der Waals surface area contributed by atoms with Gasteiger partial charge in [0, 0.05) is 23.8 Å². The number of nitrogens with one attached hydrogen (secondary N) is 1. The molecule has 1 aromatic carbocycles. The van der Waals surface area contributed by atoms with E-state index in [1.165, 1.54) is 0 Å². The van der Waals surface area contributed by atoms with E-state index in [4.69, 9.17) is 0 Å². The molecule has 1 unspecified atom stereocenters. The van der Waals surface area contributed by atoms with Crippen molar-refractivity contribution in [2.24, 2.45) is 0 Å². The second-order valence-corrected chi connectivity index (χ2v) is 4.93. The predicted octanol–water partition coefficient (Wildman–Crippen LogP) is 2.23. The molecule has 2 N–H and O–H groups in total. The van der Waals surface area contributed by atoms with Crippen LogP contribution in [-0.2, 0) is 11.2 Å². The summed E-state index contributed by atoms with van der Waals surface area (Å²) < 4.78 is 0. The molecule has 0 saturated heterocycles. The van der Waals surface area contributed by atoms with Gasteiger partial charge < -0.3 is 10.4 Å². The maximum absolute atomic E-state index is 11.3. The van der Waals surface area contributed by atoms with E-state index in [-0.39, 0.29) is 6.04 Å². The van der Waals surface area contributed by atoms with Crippen molar-refractivity contribution < 1.29 is 9.90 Å². The zero-order valence-corrected chi connectivity index (χ0v) is 11.1. The van der Waals surface area contributed by atoms with Crippen molar-refractivity contribution in [3.05, 3.63) is 42.2 Å². The number of rotatable bonds is 5. The van der Waals surface area contributed by atoms with Crippen LogP contribution in [0, 0.1) is 0 Å². The standard InChI is InChI=1S/C15H18N2O2/c1-10(2)17-14(15(18)19)8-11-4-3-5-12-9-16-7-6-13(11)12/h3-7,9-10,14,17H,8H2,1-2H3,(H,18,19). The van der Waals surface area contributed by atoms with E-state index in [1.54, 1.807) is 12.4 Å². The molecule has 0 saturated carbocycles. The molecule has 0 aliphatic rings. The highest BCUT2D eigenvalue weighted by molar-refractivity contribution is 5.85. The highest BCUT2D eigenvalue weighted by Crippen LogP contribution is 2.19. The molecule has 2 rings (SSSR count). The van der Waals surface area contributed by atoms with Crippen LogP contribution in [0.2, 0.25) is 0 Å². The van der Waals surface area contributed by atoms with E-state index in [2.05, 4.69) is 10.3 Å². The first kappa shape index (κ1) is 13.5. The number of hydrogen-bond donors (Lipinski definition) is 2. The fourth-order valence-corrected chi connectivity index (χ4v) is 2.21. The highest BCUT2D eigenvalue weighted by atomic mass is 16.4. The van der Waals surface area contributed by atoms with E-state index in [1.807, 2.05) is 38.1 Å². The molecule has 0 spiro atoms. The Labute approximate surface area is 112 Å². The molecule has 19 heavy (non-hydrogen) atoms. The Hall–Kier alpha value is -1.94. The van der Waals surface area contributed by atoms with Crippen LogP contribution in [0.25, 0.3) is 10.8 Å². The number of aromatic nitrogens is 1. The summed E-state index contributed by atoms with van der Waals surface area (Å²) in [6.07, 6.45) is 4.00. The maximum atomic E-state index is 11.3. The normalized spacial score (nSPS) is 12.8. The van der Waals surface area contributed by atoms with Gasteiger partial charge in [0.2, 0.25) is 0 Å². The number of aliphatic carboxylic acids is 1. The fraction of sp³-hybridized carbons (Fsp3) is 0.333. The van der Waals surface area contributed by atoms with Crippen molar-refractivity contribution in [2.45, 2.75) is 32.4 Å². The lowest BCUT2D eigenvalue weighted by molar-refractivity contribution is -0.139. The van der Waals surface area contributed by atoms with Crippen LogP contribution in [-0.4, -0.2) is 28.1 Å². The van der Waals surface area contributed by atoms with Gasteiger partial charge in [-0.2, -0.15) is 0 Å². The maximum Gasteiger partial charge on any atom is 0.321 e. The summed E-state index contributed by atoms with van der Waals surface area (Å²) in [5, 5.41) is 14.5. The zero-order chi connectivity index (χ0) is 13.8. The highest BCUT2D eigenvalue weighted by Gasteiger charge is 2.19. The lowest BCUT2D eigenvalue weighted by Gasteiger charge is -2.18. The summed E-state index contributed by atoms with van der Waals surface area (Å²) in [6.45, 7) is 3.89. The fourth-order valence-electron chi connectivity index (χ4n) is 2.21. The minimum absolute atomic E-state index is 0.137. The van der Waals surface area contributed by atoms with Gasteiger partial charge in [0.15, 0.2) is 0 Å². The van der Waals surface area contributed by atoms with Gasteiger partial charge in [-0.15, -0.1) is 0 Å². The number of benzene rings is 1. The van der Waals surface area contributed by atoms with Gasteiger partial charge in [-0.05, 0) is 23.4 Å². The zero-order valence-electron chi connectivity index (χ0n) is 11.1. The number of carbonyl (C=O) groups is 1. The first-order valence-electron chi connectivity index (χ1n) is 6.38. The van der Waals surface area contributed by atoms with Crippen LogP contribution in [0.3, 0.4) is 0 Å². The Bertz CT molecular complexity index is 576. The Balaban J connectivity index is 2.31. The number of fused-ring (bicyclic) bond motifs is 1. The molecule has 100 valence electrons. The van der Waals surface area contributed by atoms with Crippen LogP contribution in [0.5, 0.6) is 0 Å². The van der Waals surface area contributed by atoms with E-state index < -0.39 is 12.0 Å². The smallest absolute Gasteiger partial charge is 0.321 e. The Morgan fingerprint density at radius 2 is 2.16 bits per heavy atom. The SMILES string of the molecule is CC(C)NC(Cc1cccc2cnccc12)C(=O)O. The van der Waals surface area contributed by atoms with Crippen molar-refractivity contribution in [2.75, 3.05) is 0 Å². The van der Waals surface area contributed by atoms with Crippen LogP contribution in [0.1, 0.15) is 19.4 Å². The minimum Gasteiger partial charge on any atom is -0.480 e. The van der Waals surface area contributed by atoms with E-state index >= 15 is 0 Å². The van der Waals surface area contributed by atoms with Crippen molar-refractivity contribution in [1.29, 1.82) is 0 Å². The van der Waals surface area contributed by atoms with E-state index in [9.17, 15) is 9.90 Å². The van der Waals surface area contributed by atoms with Crippen molar-refractivity contribution in [1.82, 2.24) is 10.3 Å². The van der Waals surface area contributed by atoms with Gasteiger partial charge in [0.1, 0.15) is 6.04 Å². The number of pyridine rings is 1. The quantitative estimate of drug-likeness (QED) is 0.863. The summed E-state index contributed by atoms with van der Waals surface area (Å²) in [4.78, 5) is 15.4. The molecule has 0 aliphatic carbocycles. The van der Waals surface area contributed by atoms with E-state index in [0.29, 0.717) is 6.42 Å². The lowest BCUT2D eigenvalue weighted by Crippen LogP contribution is -2.42. The van der Waals surface area contributed by atoms with Crippen molar-refractivity contribution >= 4 is 16.7 Å². The van der Waals surface area contributed by atoms with Crippen molar-refractivity contribution in [3.8, 4) is 0 Å².